The van der Waals surface area contributed by atoms with E-state index in [4.69, 9.17) is 4.74 Å². The molecule has 0 bridgehead atoms. The van der Waals surface area contributed by atoms with Gasteiger partial charge in [0.15, 0.2) is 0 Å². The molecule has 7 heteroatoms. The molecule has 0 aromatic carbocycles. The molecule has 2 atom stereocenters. The van der Waals surface area contributed by atoms with Crippen LogP contribution in [0, 0.1) is 0 Å². The van der Waals surface area contributed by atoms with Crippen molar-refractivity contribution in [3.05, 3.63) is 0 Å². The average Bonchev–Trinajstić information content (AvgIpc) is 3.09. The molecular weight excluding hydrogens is 266 g/mol. The molecule has 1 heterocycles. The first-order valence-electron chi connectivity index (χ1n) is 7.07. The molecular formula is C12H25N3O3S. The molecule has 112 valence electrons. The second-order valence-corrected chi connectivity index (χ2v) is 7.31. The Morgan fingerprint density at radius 3 is 2.63 bits per heavy atom. The van der Waals surface area contributed by atoms with E-state index in [2.05, 4.69) is 10.0 Å². The lowest BCUT2D eigenvalue weighted by Crippen LogP contribution is -2.46. The second kappa shape index (κ2) is 6.49. The maximum atomic E-state index is 12.1. The van der Waals surface area contributed by atoms with Gasteiger partial charge >= 0.3 is 0 Å². The van der Waals surface area contributed by atoms with Crippen LogP contribution < -0.4 is 10.0 Å². The number of hydrogen-bond donors (Lipinski definition) is 2. The smallest absolute Gasteiger partial charge is 0.279 e. The summed E-state index contributed by atoms with van der Waals surface area (Å²) in [6, 6.07) is 0.577. The summed E-state index contributed by atoms with van der Waals surface area (Å²) in [7, 11) is -1.76. The minimum absolute atomic E-state index is 0.0419. The van der Waals surface area contributed by atoms with Crippen molar-refractivity contribution in [3.63, 3.8) is 0 Å². The Kier molecular flexibility index (Phi) is 5.19. The van der Waals surface area contributed by atoms with Gasteiger partial charge in [-0.3, -0.25) is 0 Å². The van der Waals surface area contributed by atoms with Crippen LogP contribution in [-0.4, -0.2) is 57.7 Å². The fourth-order valence-corrected chi connectivity index (χ4v) is 3.42. The van der Waals surface area contributed by atoms with Gasteiger partial charge < -0.3 is 10.1 Å². The first kappa shape index (κ1) is 15.2. The third-order valence-corrected chi connectivity index (χ3v) is 5.35. The fraction of sp³-hybridized carbons (Fsp3) is 1.00. The Balaban J connectivity index is 1.70. The summed E-state index contributed by atoms with van der Waals surface area (Å²) in [5.41, 5.74) is 0. The molecule has 2 N–H and O–H groups in total. The van der Waals surface area contributed by atoms with E-state index in [-0.39, 0.29) is 12.1 Å². The number of hydrogen-bond acceptors (Lipinski definition) is 4. The minimum Gasteiger partial charge on any atom is -0.377 e. The number of nitrogens with one attached hydrogen (secondary N) is 2. The third kappa shape index (κ3) is 4.68. The summed E-state index contributed by atoms with van der Waals surface area (Å²) in [6.45, 7) is 3.95. The van der Waals surface area contributed by atoms with Gasteiger partial charge in [0.25, 0.3) is 10.2 Å². The molecule has 0 spiro atoms. The molecule has 2 aliphatic rings. The van der Waals surface area contributed by atoms with Crippen molar-refractivity contribution in [1.82, 2.24) is 14.3 Å². The monoisotopic (exact) mass is 291 g/mol. The normalized spacial score (nSPS) is 28.2. The summed E-state index contributed by atoms with van der Waals surface area (Å²) in [5, 5.41) is 3.38. The van der Waals surface area contributed by atoms with Crippen molar-refractivity contribution in [2.24, 2.45) is 0 Å². The van der Waals surface area contributed by atoms with Crippen LogP contribution in [0.15, 0.2) is 0 Å². The number of ether oxygens (including phenoxy) is 1. The number of rotatable bonds is 8. The van der Waals surface area contributed by atoms with Gasteiger partial charge in [-0.1, -0.05) is 0 Å². The first-order valence-corrected chi connectivity index (χ1v) is 8.51. The van der Waals surface area contributed by atoms with E-state index in [1.165, 1.54) is 17.1 Å². The van der Waals surface area contributed by atoms with Gasteiger partial charge in [-0.05, 0) is 39.2 Å². The largest absolute Gasteiger partial charge is 0.377 e. The molecule has 2 fully saturated rings. The fourth-order valence-electron chi connectivity index (χ4n) is 2.18. The van der Waals surface area contributed by atoms with E-state index < -0.39 is 10.2 Å². The maximum absolute atomic E-state index is 12.1. The van der Waals surface area contributed by atoms with Gasteiger partial charge in [0, 0.05) is 26.2 Å². The Bertz CT molecular complexity index is 384. The van der Waals surface area contributed by atoms with Crippen LogP contribution >= 0.6 is 0 Å². The molecule has 19 heavy (non-hydrogen) atoms. The van der Waals surface area contributed by atoms with Crippen LogP contribution in [0.4, 0.5) is 0 Å². The number of nitrogens with zero attached hydrogens (tertiary/aromatic N) is 1. The molecule has 6 nitrogen and oxygen atoms in total. The third-order valence-electron chi connectivity index (χ3n) is 3.75. The van der Waals surface area contributed by atoms with Gasteiger partial charge in [-0.15, -0.1) is 0 Å². The molecule has 2 rings (SSSR count). The lowest BCUT2D eigenvalue weighted by atomic mass is 10.2. The van der Waals surface area contributed by atoms with Crippen LogP contribution in [0.3, 0.4) is 0 Å². The van der Waals surface area contributed by atoms with Crippen molar-refractivity contribution >= 4 is 10.2 Å². The standard InChI is InChI=1S/C12H25N3O3S/c1-10-12(6-9-18-10)14-19(16,17)15(2)8-3-7-13-11-4-5-11/h10-14H,3-9H2,1-2H3. The Hall–Kier alpha value is -0.210. The van der Waals surface area contributed by atoms with Crippen molar-refractivity contribution in [1.29, 1.82) is 0 Å². The molecule has 0 amide bonds. The maximum Gasteiger partial charge on any atom is 0.279 e. The summed E-state index contributed by atoms with van der Waals surface area (Å²) in [5.74, 6) is 0. The highest BCUT2D eigenvalue weighted by Gasteiger charge is 2.30. The Morgan fingerprint density at radius 2 is 2.05 bits per heavy atom. The van der Waals surface area contributed by atoms with Crippen molar-refractivity contribution in [3.8, 4) is 0 Å². The molecule has 0 aromatic rings. The van der Waals surface area contributed by atoms with E-state index in [1.54, 1.807) is 7.05 Å². The SMILES string of the molecule is CC1OCCC1NS(=O)(=O)N(C)CCCNC1CC1. The molecule has 1 aliphatic carbocycles. The van der Waals surface area contributed by atoms with Crippen molar-refractivity contribution in [2.75, 3.05) is 26.7 Å². The van der Waals surface area contributed by atoms with Crippen molar-refractivity contribution in [2.45, 2.75) is 50.8 Å². The zero-order valence-electron chi connectivity index (χ0n) is 11.8. The highest BCUT2D eigenvalue weighted by atomic mass is 32.2. The zero-order valence-corrected chi connectivity index (χ0v) is 12.6. The van der Waals surface area contributed by atoms with Crippen LogP contribution in [0.5, 0.6) is 0 Å². The highest BCUT2D eigenvalue weighted by molar-refractivity contribution is 7.87. The molecule has 1 aliphatic heterocycles. The summed E-state index contributed by atoms with van der Waals surface area (Å²) in [4.78, 5) is 0. The molecule has 1 saturated heterocycles. The van der Waals surface area contributed by atoms with Gasteiger partial charge in [0.1, 0.15) is 0 Å². The Labute approximate surface area is 116 Å². The van der Waals surface area contributed by atoms with E-state index in [1.807, 2.05) is 6.92 Å². The van der Waals surface area contributed by atoms with E-state index in [9.17, 15) is 8.42 Å². The van der Waals surface area contributed by atoms with Crippen LogP contribution in [0.1, 0.15) is 32.6 Å². The Morgan fingerprint density at radius 1 is 1.32 bits per heavy atom. The minimum atomic E-state index is -3.39. The van der Waals surface area contributed by atoms with Crippen molar-refractivity contribution < 1.29 is 13.2 Å². The van der Waals surface area contributed by atoms with Gasteiger partial charge in [-0.25, -0.2) is 0 Å². The topological polar surface area (TPSA) is 70.7 Å². The van der Waals surface area contributed by atoms with Gasteiger partial charge in [0.05, 0.1) is 12.1 Å². The van der Waals surface area contributed by atoms with Gasteiger partial charge in [0.2, 0.25) is 0 Å². The van der Waals surface area contributed by atoms with E-state index in [0.29, 0.717) is 19.2 Å². The summed E-state index contributed by atoms with van der Waals surface area (Å²) < 4.78 is 33.7. The summed E-state index contributed by atoms with van der Waals surface area (Å²) in [6.07, 6.45) is 4.06. The molecule has 1 saturated carbocycles. The molecule has 0 aromatic heterocycles. The zero-order chi connectivity index (χ0) is 13.9. The first-order chi connectivity index (χ1) is 8.99. The molecule has 2 unspecified atom stereocenters. The second-order valence-electron chi connectivity index (χ2n) is 5.50. The average molecular weight is 291 g/mol. The van der Waals surface area contributed by atoms with E-state index >= 15 is 0 Å². The van der Waals surface area contributed by atoms with Gasteiger partial charge in [-0.2, -0.15) is 17.4 Å². The van der Waals surface area contributed by atoms with Crippen LogP contribution in [-0.2, 0) is 14.9 Å². The van der Waals surface area contributed by atoms with Crippen LogP contribution in [0.2, 0.25) is 0 Å². The lowest BCUT2D eigenvalue weighted by Gasteiger charge is -2.22. The quantitative estimate of drug-likeness (QED) is 0.621. The summed E-state index contributed by atoms with van der Waals surface area (Å²) >= 11 is 0. The predicted molar refractivity (Wildman–Crippen MR) is 74.1 cm³/mol. The lowest BCUT2D eigenvalue weighted by molar-refractivity contribution is 0.116. The highest BCUT2D eigenvalue weighted by Crippen LogP contribution is 2.18. The predicted octanol–water partition coefficient (Wildman–Crippen LogP) is 0.0721. The van der Waals surface area contributed by atoms with Crippen LogP contribution in [0.25, 0.3) is 0 Å². The molecule has 0 radical (unpaired) electrons. The van der Waals surface area contributed by atoms with E-state index in [0.717, 1.165) is 19.4 Å².